The molecule has 2 N–H and O–H groups in total. The predicted molar refractivity (Wildman–Crippen MR) is 167 cm³/mol. The second-order valence-electron chi connectivity index (χ2n) is 15.2. The maximum atomic E-state index is 14.0. The van der Waals surface area contributed by atoms with Crippen molar-refractivity contribution in [2.45, 2.75) is 118 Å². The average Bonchev–Trinajstić information content (AvgIpc) is 3.20. The lowest BCUT2D eigenvalue weighted by Gasteiger charge is -2.69. The molecule has 0 spiro atoms. The summed E-state index contributed by atoms with van der Waals surface area (Å²) in [5, 5.41) is 22.9. The van der Waals surface area contributed by atoms with Gasteiger partial charge in [-0.15, -0.1) is 0 Å². The molecule has 0 aromatic heterocycles. The first-order chi connectivity index (χ1) is 20.6. The molecule has 0 bridgehead atoms. The summed E-state index contributed by atoms with van der Waals surface area (Å²) in [4.78, 5) is 26.5. The highest BCUT2D eigenvalue weighted by Gasteiger charge is 2.70. The Kier molecular flexibility index (Phi) is 8.98. The minimum absolute atomic E-state index is 0.00986. The highest BCUT2D eigenvalue weighted by molar-refractivity contribution is 5.91. The Morgan fingerprint density at radius 1 is 1.05 bits per heavy atom. The van der Waals surface area contributed by atoms with Gasteiger partial charge in [0, 0.05) is 18.6 Å². The number of fused-ring (bicyclic) bond motifs is 5. The molecule has 0 saturated heterocycles. The van der Waals surface area contributed by atoms with Crippen molar-refractivity contribution in [3.05, 3.63) is 52.9 Å². The Morgan fingerprint density at radius 2 is 1.77 bits per heavy atom. The number of ether oxygens (including phenoxy) is 2. The van der Waals surface area contributed by atoms with E-state index in [1.165, 1.54) is 25.1 Å². The number of hydrogen-bond donors (Lipinski definition) is 2. The van der Waals surface area contributed by atoms with Crippen molar-refractivity contribution in [3.8, 4) is 5.75 Å². The van der Waals surface area contributed by atoms with E-state index in [0.717, 1.165) is 36.8 Å². The third kappa shape index (κ3) is 5.46. The lowest BCUT2D eigenvalue weighted by Crippen LogP contribution is -2.65. The Labute approximate surface area is 262 Å². The summed E-state index contributed by atoms with van der Waals surface area (Å²) in [6.07, 6.45) is 5.96. The quantitative estimate of drug-likeness (QED) is 0.152. The van der Waals surface area contributed by atoms with Crippen molar-refractivity contribution in [1.29, 1.82) is 0 Å². The lowest BCUT2D eigenvalue weighted by molar-refractivity contribution is -0.234. The van der Waals surface area contributed by atoms with Crippen LogP contribution in [0.2, 0.25) is 0 Å². The first-order valence-electron chi connectivity index (χ1n) is 16.5. The van der Waals surface area contributed by atoms with E-state index in [4.69, 9.17) is 9.47 Å². The number of esters is 2. The van der Waals surface area contributed by atoms with Crippen LogP contribution in [0, 0.1) is 45.7 Å². The van der Waals surface area contributed by atoms with Crippen molar-refractivity contribution in [2.24, 2.45) is 39.9 Å². The topological polar surface area (TPSA) is 93.1 Å². The van der Waals surface area contributed by atoms with Gasteiger partial charge in [0.15, 0.2) is 0 Å². The molecule has 0 unspecified atom stereocenters. The van der Waals surface area contributed by atoms with E-state index >= 15 is 0 Å². The Balaban J connectivity index is 1.62. The van der Waals surface area contributed by atoms with Crippen molar-refractivity contribution < 1.29 is 33.7 Å². The summed E-state index contributed by atoms with van der Waals surface area (Å²) in [6, 6.07) is 5.55. The van der Waals surface area contributed by atoms with E-state index in [9.17, 15) is 24.2 Å². The zero-order valence-corrected chi connectivity index (χ0v) is 27.5. The molecule has 6 nitrogen and oxygen atoms in total. The molecule has 4 saturated carbocycles. The molecule has 0 amide bonds. The van der Waals surface area contributed by atoms with Crippen LogP contribution in [-0.4, -0.2) is 40.5 Å². The number of carbonyl (C=O) groups is 2. The van der Waals surface area contributed by atoms with Gasteiger partial charge in [-0.25, -0.2) is 9.18 Å². The van der Waals surface area contributed by atoms with Crippen LogP contribution < -0.4 is 4.74 Å². The molecular formula is C37H51FO6. The zero-order valence-electron chi connectivity index (χ0n) is 27.5. The third-order valence-corrected chi connectivity index (χ3v) is 12.6. The van der Waals surface area contributed by atoms with E-state index in [0.29, 0.717) is 37.2 Å². The van der Waals surface area contributed by atoms with E-state index in [-0.39, 0.29) is 45.9 Å². The second kappa shape index (κ2) is 12.0. The minimum atomic E-state index is -0.621. The number of hydrogen-bond acceptors (Lipinski definition) is 6. The van der Waals surface area contributed by atoms with Gasteiger partial charge in [0.1, 0.15) is 17.7 Å². The second-order valence-corrected chi connectivity index (χ2v) is 15.2. The van der Waals surface area contributed by atoms with E-state index in [1.54, 1.807) is 6.07 Å². The number of aliphatic hydroxyl groups is 2. The number of rotatable bonds is 6. The molecule has 7 heteroatoms. The summed E-state index contributed by atoms with van der Waals surface area (Å²) in [6.45, 7) is 14.5. The largest absolute Gasteiger partial charge is 0.458 e. The van der Waals surface area contributed by atoms with E-state index in [2.05, 4.69) is 33.8 Å². The van der Waals surface area contributed by atoms with Gasteiger partial charge in [0.05, 0.1) is 12.2 Å². The monoisotopic (exact) mass is 610 g/mol. The van der Waals surface area contributed by atoms with Gasteiger partial charge >= 0.3 is 11.9 Å². The molecule has 0 heterocycles. The average molecular weight is 611 g/mol. The van der Waals surface area contributed by atoms with Crippen molar-refractivity contribution in [3.63, 3.8) is 0 Å². The maximum Gasteiger partial charge on any atom is 0.339 e. The van der Waals surface area contributed by atoms with Crippen LogP contribution in [0.15, 0.2) is 47.1 Å². The van der Waals surface area contributed by atoms with E-state index < -0.39 is 30.0 Å². The van der Waals surface area contributed by atoms with E-state index in [1.807, 2.05) is 13.8 Å². The number of allylic oxidation sites excluding steroid dienone is 2. The van der Waals surface area contributed by atoms with Gasteiger partial charge in [-0.3, -0.25) is 4.79 Å². The summed E-state index contributed by atoms with van der Waals surface area (Å²) < 4.78 is 25.8. The molecule has 4 aliphatic carbocycles. The third-order valence-electron chi connectivity index (χ3n) is 12.6. The Bertz CT molecular complexity index is 1350. The number of carbonyl (C=O) groups excluding carboxylic acids is 2. The number of benzene rings is 1. The molecule has 1 aromatic carbocycles. The summed E-state index contributed by atoms with van der Waals surface area (Å²) >= 11 is 0. The van der Waals surface area contributed by atoms with Gasteiger partial charge in [0.25, 0.3) is 0 Å². The predicted octanol–water partition coefficient (Wildman–Crippen LogP) is 7.33. The molecule has 44 heavy (non-hydrogen) atoms. The maximum absolute atomic E-state index is 14.0. The molecular weight excluding hydrogens is 559 g/mol. The van der Waals surface area contributed by atoms with Crippen LogP contribution in [0.25, 0.3) is 0 Å². The zero-order chi connectivity index (χ0) is 32.2. The van der Waals surface area contributed by atoms with Crippen LogP contribution in [0.1, 0.15) is 99.8 Å². The van der Waals surface area contributed by atoms with Gasteiger partial charge in [0.2, 0.25) is 0 Å². The fourth-order valence-corrected chi connectivity index (χ4v) is 10.5. The van der Waals surface area contributed by atoms with Crippen molar-refractivity contribution >= 4 is 11.9 Å². The summed E-state index contributed by atoms with van der Waals surface area (Å²) in [7, 11) is 0. The fourth-order valence-electron chi connectivity index (χ4n) is 10.5. The lowest BCUT2D eigenvalue weighted by atomic mass is 9.36. The number of aliphatic hydroxyl groups excluding tert-OH is 2. The highest BCUT2D eigenvalue weighted by atomic mass is 19.1. The minimum Gasteiger partial charge on any atom is -0.458 e. The van der Waals surface area contributed by atoms with Crippen LogP contribution in [0.5, 0.6) is 5.75 Å². The molecule has 4 fully saturated rings. The smallest absolute Gasteiger partial charge is 0.339 e. The van der Waals surface area contributed by atoms with Crippen molar-refractivity contribution in [2.75, 3.05) is 0 Å². The van der Waals surface area contributed by atoms with Gasteiger partial charge in [-0.2, -0.15) is 0 Å². The van der Waals surface area contributed by atoms with Crippen LogP contribution >= 0.6 is 0 Å². The SMILES string of the molecule is CC(=O)O[C@H]1C[C@@]2(C)[C@@H](C[C@@H](O)[C@H]3[C@@]4(C)CC[C@@H](O)[C@@H](C)[C@@H]4CC[C@@]32C)/C1=C(\CCC=C(C)C)C(=O)Oc1cccc(F)c1. The molecule has 5 rings (SSSR count). The van der Waals surface area contributed by atoms with Gasteiger partial charge in [-0.1, -0.05) is 45.4 Å². The molecule has 1 aromatic rings. The first kappa shape index (κ1) is 32.9. The first-order valence-corrected chi connectivity index (χ1v) is 16.5. The van der Waals surface area contributed by atoms with Crippen molar-refractivity contribution in [1.82, 2.24) is 0 Å². The Morgan fingerprint density at radius 3 is 2.43 bits per heavy atom. The molecule has 242 valence electrons. The van der Waals surface area contributed by atoms with Gasteiger partial charge in [-0.05, 0) is 123 Å². The van der Waals surface area contributed by atoms with Crippen LogP contribution in [0.3, 0.4) is 0 Å². The molecule has 10 atom stereocenters. The normalized spacial score (nSPS) is 40.6. The summed E-state index contributed by atoms with van der Waals surface area (Å²) in [5.41, 5.74) is 1.55. The fraction of sp³-hybridized carbons (Fsp3) is 0.676. The summed E-state index contributed by atoms with van der Waals surface area (Å²) in [5.74, 6) is -1.05. The number of halogens is 1. The van der Waals surface area contributed by atoms with Crippen LogP contribution in [-0.2, 0) is 14.3 Å². The molecule has 4 aliphatic rings. The van der Waals surface area contributed by atoms with Crippen LogP contribution in [0.4, 0.5) is 4.39 Å². The molecule has 0 aliphatic heterocycles. The highest BCUT2D eigenvalue weighted by Crippen LogP contribution is 2.74. The Hall–Kier alpha value is -2.51. The van der Waals surface area contributed by atoms with Gasteiger partial charge < -0.3 is 19.7 Å². The molecule has 0 radical (unpaired) electrons. The standard InChI is InChI=1S/C37H51FO6/c1-21(2)10-8-13-26(34(42)44-25-12-9-11-24(38)18-25)32-28-19-30(41)33-35(5)16-15-29(40)22(3)27(35)14-17-36(33,6)37(28,7)20-31(32)43-23(4)39/h9-12,18,22,27-31,33,40-41H,8,13-17,19-20H2,1-7H3/b32-26-/t22-,27-,28-,29+,30+,31-,33-,35-,36-,37-/m0/s1.